The lowest BCUT2D eigenvalue weighted by Gasteiger charge is -2.71. The molecule has 0 unspecified atom stereocenters. The lowest BCUT2D eigenvalue weighted by atomic mass is 9.48. The summed E-state index contributed by atoms with van der Waals surface area (Å²) in [5, 5.41) is 0. The standard InChI is InChI=1S/C45H63N3/c1-2-40(47(42-16-28-4-29(17-42)6-30(5-28)18-42)43-19-31-7-32(20-43)9-33(8-31)21-43)41(46-3-1)48(44-22-34-10-35(23-44)12-36(11-34)24-44)45-25-37-13-38(26-45)15-39(14-37)27-45/h1-3,28-39H,4-27H2. The second kappa shape index (κ2) is 9.40. The zero-order valence-electron chi connectivity index (χ0n) is 30.0. The van der Waals surface area contributed by atoms with Gasteiger partial charge in [-0.05, 0) is 237 Å². The van der Waals surface area contributed by atoms with Crippen LogP contribution in [-0.4, -0.2) is 27.1 Å². The smallest absolute Gasteiger partial charge is 0.153 e. The Bertz CT molecular complexity index is 1160. The number of hydrogen-bond donors (Lipinski definition) is 0. The summed E-state index contributed by atoms with van der Waals surface area (Å²) >= 11 is 0. The van der Waals surface area contributed by atoms with E-state index in [1.807, 2.05) is 0 Å². The number of hydrogen-bond acceptors (Lipinski definition) is 3. The third kappa shape index (κ3) is 3.82. The molecular weight excluding hydrogens is 583 g/mol. The highest BCUT2D eigenvalue weighted by molar-refractivity contribution is 5.73. The van der Waals surface area contributed by atoms with Gasteiger partial charge in [-0.15, -0.1) is 0 Å². The first-order chi connectivity index (χ1) is 23.4. The van der Waals surface area contributed by atoms with E-state index in [2.05, 4.69) is 28.1 Å². The lowest BCUT2D eigenvalue weighted by Crippen LogP contribution is -2.73. The van der Waals surface area contributed by atoms with Gasteiger partial charge in [0.25, 0.3) is 0 Å². The first-order valence-corrected chi connectivity index (χ1v) is 22.0. The van der Waals surface area contributed by atoms with Gasteiger partial charge in [0.05, 0.1) is 5.69 Å². The molecule has 16 aliphatic rings. The Morgan fingerprint density at radius 1 is 0.375 bits per heavy atom. The quantitative estimate of drug-likeness (QED) is 0.307. The van der Waals surface area contributed by atoms with Crippen molar-refractivity contribution in [1.82, 2.24) is 4.98 Å². The molecule has 1 aromatic rings. The molecule has 1 heterocycles. The second-order valence-electron chi connectivity index (χ2n) is 22.6. The molecule has 258 valence electrons. The van der Waals surface area contributed by atoms with Crippen LogP contribution >= 0.6 is 0 Å². The van der Waals surface area contributed by atoms with Gasteiger partial charge in [-0.1, -0.05) is 0 Å². The number of aromatic nitrogens is 1. The summed E-state index contributed by atoms with van der Waals surface area (Å²) in [6.07, 6.45) is 38.9. The molecular formula is C45H63N3. The van der Waals surface area contributed by atoms with Crippen molar-refractivity contribution in [2.75, 3.05) is 9.80 Å². The van der Waals surface area contributed by atoms with E-state index in [-0.39, 0.29) is 0 Å². The molecule has 0 atom stereocenters. The zero-order valence-corrected chi connectivity index (χ0v) is 30.0. The molecule has 1 aromatic heterocycles. The summed E-state index contributed by atoms with van der Waals surface area (Å²) in [5.41, 5.74) is 3.23. The van der Waals surface area contributed by atoms with Gasteiger partial charge in [0.15, 0.2) is 5.82 Å². The molecule has 3 heteroatoms. The number of anilines is 2. The maximum atomic E-state index is 5.85. The van der Waals surface area contributed by atoms with Crippen molar-refractivity contribution in [3.8, 4) is 0 Å². The fourth-order valence-electron chi connectivity index (χ4n) is 20.1. The molecule has 16 saturated carbocycles. The monoisotopic (exact) mass is 646 g/mol. The molecule has 48 heavy (non-hydrogen) atoms. The fourth-order valence-corrected chi connectivity index (χ4v) is 20.1. The molecule has 17 rings (SSSR count). The fraction of sp³-hybridized carbons (Fsp3) is 0.889. The average molecular weight is 646 g/mol. The van der Waals surface area contributed by atoms with Gasteiger partial charge < -0.3 is 9.80 Å². The summed E-state index contributed by atoms with van der Waals surface area (Å²) in [6, 6.07) is 5.14. The molecule has 0 radical (unpaired) electrons. The number of rotatable bonds is 6. The Morgan fingerprint density at radius 3 is 0.896 bits per heavy atom. The number of nitrogens with zero attached hydrogens (tertiary/aromatic N) is 3. The average Bonchev–Trinajstić information content (AvgIpc) is 2.99. The minimum Gasteiger partial charge on any atom is -0.357 e. The predicted molar refractivity (Wildman–Crippen MR) is 193 cm³/mol. The summed E-state index contributed by atoms with van der Waals surface area (Å²) in [6.45, 7) is 0. The van der Waals surface area contributed by atoms with E-state index in [9.17, 15) is 0 Å². The van der Waals surface area contributed by atoms with Crippen molar-refractivity contribution >= 4 is 11.5 Å². The molecule has 16 bridgehead atoms. The van der Waals surface area contributed by atoms with Gasteiger partial charge in [0.2, 0.25) is 0 Å². The van der Waals surface area contributed by atoms with E-state index in [0.29, 0.717) is 22.2 Å². The minimum atomic E-state index is 0.373. The van der Waals surface area contributed by atoms with Gasteiger partial charge in [0, 0.05) is 28.4 Å². The van der Waals surface area contributed by atoms with Crippen molar-refractivity contribution in [1.29, 1.82) is 0 Å². The van der Waals surface area contributed by atoms with E-state index in [1.165, 1.54) is 77.0 Å². The summed E-state index contributed by atoms with van der Waals surface area (Å²) in [4.78, 5) is 12.6. The largest absolute Gasteiger partial charge is 0.357 e. The molecule has 0 saturated heterocycles. The Kier molecular flexibility index (Phi) is 5.55. The van der Waals surface area contributed by atoms with Gasteiger partial charge >= 0.3 is 0 Å². The van der Waals surface area contributed by atoms with Crippen molar-refractivity contribution in [2.24, 2.45) is 71.0 Å². The van der Waals surface area contributed by atoms with Crippen LogP contribution in [0, 0.1) is 71.0 Å². The minimum absolute atomic E-state index is 0.373. The van der Waals surface area contributed by atoms with Crippen molar-refractivity contribution < 1.29 is 0 Å². The maximum absolute atomic E-state index is 5.85. The van der Waals surface area contributed by atoms with E-state index >= 15 is 0 Å². The summed E-state index contributed by atoms with van der Waals surface area (Å²) < 4.78 is 0. The van der Waals surface area contributed by atoms with Crippen LogP contribution in [0.4, 0.5) is 11.5 Å². The van der Waals surface area contributed by atoms with E-state index in [4.69, 9.17) is 4.98 Å². The van der Waals surface area contributed by atoms with Crippen LogP contribution < -0.4 is 9.80 Å². The summed E-state index contributed by atoms with van der Waals surface area (Å²) in [5.74, 6) is 13.5. The Morgan fingerprint density at radius 2 is 0.625 bits per heavy atom. The normalized spacial score (nSPS) is 57.2. The van der Waals surface area contributed by atoms with Crippen molar-refractivity contribution in [3.63, 3.8) is 0 Å². The van der Waals surface area contributed by atoms with E-state index in [0.717, 1.165) is 71.0 Å². The third-order valence-electron chi connectivity index (χ3n) is 19.1. The molecule has 0 spiro atoms. The van der Waals surface area contributed by atoms with Crippen LogP contribution in [0.1, 0.15) is 154 Å². The SMILES string of the molecule is c1cnc(N(C23CC4CC(CC(C4)C2)C3)C23CC4CC(CC(C4)C2)C3)c(N(C23CC4CC(CC(C4)C2)C3)C23CC4CC(CC(C4)C2)C3)c1. The van der Waals surface area contributed by atoms with Crippen LogP contribution in [-0.2, 0) is 0 Å². The molecule has 16 aliphatic carbocycles. The van der Waals surface area contributed by atoms with Gasteiger partial charge in [-0.3, -0.25) is 0 Å². The Labute approximate surface area is 291 Å². The molecule has 0 aromatic carbocycles. The predicted octanol–water partition coefficient (Wildman–Crippen LogP) is 10.6. The molecule has 16 fully saturated rings. The summed E-state index contributed by atoms with van der Waals surface area (Å²) in [7, 11) is 0. The first kappa shape index (κ1) is 28.3. The van der Waals surface area contributed by atoms with Crippen molar-refractivity contribution in [2.45, 2.75) is 176 Å². The topological polar surface area (TPSA) is 19.4 Å². The van der Waals surface area contributed by atoms with Crippen LogP contribution in [0.3, 0.4) is 0 Å². The first-order valence-electron chi connectivity index (χ1n) is 22.0. The highest BCUT2D eigenvalue weighted by atomic mass is 15.4. The van der Waals surface area contributed by atoms with E-state index in [1.54, 1.807) is 88.6 Å². The maximum Gasteiger partial charge on any atom is 0.153 e. The highest BCUT2D eigenvalue weighted by Gasteiger charge is 2.65. The van der Waals surface area contributed by atoms with Gasteiger partial charge in [0.1, 0.15) is 0 Å². The van der Waals surface area contributed by atoms with E-state index < -0.39 is 0 Å². The number of pyridine rings is 1. The Hall–Kier alpha value is -1.25. The third-order valence-corrected chi connectivity index (χ3v) is 19.1. The molecule has 3 nitrogen and oxygen atoms in total. The van der Waals surface area contributed by atoms with Crippen molar-refractivity contribution in [3.05, 3.63) is 18.3 Å². The molecule has 0 aliphatic heterocycles. The zero-order chi connectivity index (χ0) is 31.0. The van der Waals surface area contributed by atoms with Crippen LogP contribution in [0.15, 0.2) is 18.3 Å². The molecule has 0 N–H and O–H groups in total. The van der Waals surface area contributed by atoms with Crippen LogP contribution in [0.25, 0.3) is 0 Å². The van der Waals surface area contributed by atoms with Crippen LogP contribution in [0.2, 0.25) is 0 Å². The lowest BCUT2D eigenvalue weighted by molar-refractivity contribution is -0.0596. The van der Waals surface area contributed by atoms with Gasteiger partial charge in [-0.25, -0.2) is 4.98 Å². The van der Waals surface area contributed by atoms with Crippen LogP contribution in [0.5, 0.6) is 0 Å². The van der Waals surface area contributed by atoms with Gasteiger partial charge in [-0.2, -0.15) is 0 Å². The Balaban J connectivity index is 1.03. The molecule has 0 amide bonds. The second-order valence-corrected chi connectivity index (χ2v) is 22.6. The highest BCUT2D eigenvalue weighted by Crippen LogP contribution is 2.69.